The van der Waals surface area contributed by atoms with Crippen LogP contribution in [0, 0.1) is 0 Å². The fourth-order valence-corrected chi connectivity index (χ4v) is 3.40. The monoisotopic (exact) mass is 352 g/mol. The average Bonchev–Trinajstić information content (AvgIpc) is 3.28. The smallest absolute Gasteiger partial charge is 0.225 e. The fourth-order valence-electron chi connectivity index (χ4n) is 3.40. The van der Waals surface area contributed by atoms with E-state index in [9.17, 15) is 0 Å². The molecule has 0 radical (unpaired) electrons. The highest BCUT2D eigenvalue weighted by Crippen LogP contribution is 2.20. The first-order valence-electron chi connectivity index (χ1n) is 9.05. The third kappa shape index (κ3) is 3.26. The van der Waals surface area contributed by atoms with Gasteiger partial charge in [-0.1, -0.05) is 0 Å². The van der Waals surface area contributed by atoms with Crippen LogP contribution in [-0.4, -0.2) is 50.8 Å². The molecule has 1 unspecified atom stereocenters. The lowest BCUT2D eigenvalue weighted by Crippen LogP contribution is -2.24. The molecule has 0 aromatic carbocycles. The number of anilines is 1. The van der Waals surface area contributed by atoms with Gasteiger partial charge in [-0.2, -0.15) is 0 Å². The lowest BCUT2D eigenvalue weighted by atomic mass is 10.2. The Morgan fingerprint density at radius 1 is 1.23 bits per heavy atom. The molecule has 0 aliphatic carbocycles. The molecule has 4 rings (SSSR count). The van der Waals surface area contributed by atoms with Crippen LogP contribution >= 0.6 is 0 Å². The van der Waals surface area contributed by atoms with Crippen LogP contribution in [0.5, 0.6) is 0 Å². The summed E-state index contributed by atoms with van der Waals surface area (Å²) in [5, 5.41) is 0. The number of imidazole rings is 1. The van der Waals surface area contributed by atoms with Crippen LogP contribution in [0.3, 0.4) is 0 Å². The van der Waals surface area contributed by atoms with Crippen LogP contribution in [0.25, 0.3) is 11.0 Å². The Bertz CT molecular complexity index is 906. The number of methoxy groups -OCH3 is 1. The molecule has 4 heterocycles. The molecule has 1 atom stereocenters. The molecule has 26 heavy (non-hydrogen) atoms. The SMILES string of the molecule is COC1CCN(c2nccc(Cc3cc4c(cn3)ncn4C(C)C)n2)C1. The van der Waals surface area contributed by atoms with E-state index < -0.39 is 0 Å². The maximum Gasteiger partial charge on any atom is 0.225 e. The van der Waals surface area contributed by atoms with Crippen LogP contribution < -0.4 is 4.90 Å². The van der Waals surface area contributed by atoms with Crippen molar-refractivity contribution in [2.24, 2.45) is 0 Å². The van der Waals surface area contributed by atoms with Crippen LogP contribution in [0.15, 0.2) is 30.9 Å². The number of aromatic nitrogens is 5. The van der Waals surface area contributed by atoms with Crippen molar-refractivity contribution in [1.29, 1.82) is 0 Å². The Balaban J connectivity index is 1.56. The Morgan fingerprint density at radius 3 is 2.88 bits per heavy atom. The molecule has 0 saturated carbocycles. The fraction of sp³-hybridized carbons (Fsp3) is 0.474. The van der Waals surface area contributed by atoms with Crippen molar-refractivity contribution >= 4 is 17.0 Å². The van der Waals surface area contributed by atoms with Gasteiger partial charge in [0.25, 0.3) is 0 Å². The molecule has 0 spiro atoms. The van der Waals surface area contributed by atoms with Crippen LogP contribution in [0.2, 0.25) is 0 Å². The van der Waals surface area contributed by atoms with Crippen molar-refractivity contribution in [3.05, 3.63) is 42.2 Å². The summed E-state index contributed by atoms with van der Waals surface area (Å²) in [4.78, 5) is 20.3. The quantitative estimate of drug-likeness (QED) is 0.703. The van der Waals surface area contributed by atoms with Gasteiger partial charge in [-0.15, -0.1) is 0 Å². The summed E-state index contributed by atoms with van der Waals surface area (Å²) in [6, 6.07) is 4.43. The van der Waals surface area contributed by atoms with Gasteiger partial charge in [-0.05, 0) is 32.4 Å². The highest BCUT2D eigenvalue weighted by atomic mass is 16.5. The second-order valence-electron chi connectivity index (χ2n) is 7.03. The van der Waals surface area contributed by atoms with Gasteiger partial charge in [-0.3, -0.25) is 4.98 Å². The molecule has 7 nitrogen and oxygen atoms in total. The lowest BCUT2D eigenvalue weighted by molar-refractivity contribution is 0.121. The zero-order valence-electron chi connectivity index (χ0n) is 15.5. The van der Waals surface area contributed by atoms with Crippen LogP contribution in [-0.2, 0) is 11.2 Å². The van der Waals surface area contributed by atoms with E-state index in [1.54, 1.807) is 7.11 Å². The summed E-state index contributed by atoms with van der Waals surface area (Å²) in [5.74, 6) is 0.773. The zero-order valence-corrected chi connectivity index (χ0v) is 15.5. The van der Waals surface area contributed by atoms with Crippen LogP contribution in [0.1, 0.15) is 37.7 Å². The maximum atomic E-state index is 5.44. The summed E-state index contributed by atoms with van der Waals surface area (Å²) in [6.07, 6.45) is 7.51. The average molecular weight is 352 g/mol. The molecule has 1 aliphatic rings. The van der Waals surface area contributed by atoms with Gasteiger partial charge < -0.3 is 14.2 Å². The Morgan fingerprint density at radius 2 is 2.12 bits per heavy atom. The molecule has 0 bridgehead atoms. The first-order valence-corrected chi connectivity index (χ1v) is 9.05. The van der Waals surface area contributed by atoms with E-state index in [1.165, 1.54) is 0 Å². The zero-order chi connectivity index (χ0) is 18.1. The van der Waals surface area contributed by atoms with Crippen molar-refractivity contribution < 1.29 is 4.74 Å². The van der Waals surface area contributed by atoms with Crippen LogP contribution in [0.4, 0.5) is 5.95 Å². The molecule has 3 aromatic rings. The lowest BCUT2D eigenvalue weighted by Gasteiger charge is -2.16. The van der Waals surface area contributed by atoms with Gasteiger partial charge in [-0.25, -0.2) is 15.0 Å². The summed E-state index contributed by atoms with van der Waals surface area (Å²) in [7, 11) is 1.76. The van der Waals surface area contributed by atoms with Crippen molar-refractivity contribution in [3.8, 4) is 0 Å². The van der Waals surface area contributed by atoms with Crippen molar-refractivity contribution in [2.45, 2.75) is 38.8 Å². The highest BCUT2D eigenvalue weighted by Gasteiger charge is 2.24. The van der Waals surface area contributed by atoms with E-state index in [0.717, 1.165) is 47.9 Å². The van der Waals surface area contributed by atoms with E-state index >= 15 is 0 Å². The standard InChI is InChI=1S/C19H24N6O/c1-13(2)25-12-22-17-10-21-15(9-18(17)25)8-14-4-6-20-19(23-14)24-7-5-16(11-24)26-3/h4,6,9-10,12-13,16H,5,7-8,11H2,1-3H3. The van der Waals surface area contributed by atoms with E-state index in [-0.39, 0.29) is 6.10 Å². The Labute approximate surface area is 153 Å². The first-order chi connectivity index (χ1) is 12.6. The van der Waals surface area contributed by atoms with Gasteiger partial charge >= 0.3 is 0 Å². The number of hydrogen-bond donors (Lipinski definition) is 0. The Hall–Kier alpha value is -2.54. The first kappa shape index (κ1) is 16.9. The molecule has 1 fully saturated rings. The maximum absolute atomic E-state index is 5.44. The van der Waals surface area contributed by atoms with Gasteiger partial charge in [0.1, 0.15) is 5.52 Å². The minimum Gasteiger partial charge on any atom is -0.380 e. The summed E-state index contributed by atoms with van der Waals surface area (Å²) >= 11 is 0. The molecular weight excluding hydrogens is 328 g/mol. The molecule has 1 aliphatic heterocycles. The number of fused-ring (bicyclic) bond motifs is 1. The van der Waals surface area contributed by atoms with E-state index in [0.29, 0.717) is 12.5 Å². The minimum atomic E-state index is 0.266. The largest absolute Gasteiger partial charge is 0.380 e. The van der Waals surface area contributed by atoms with Gasteiger partial charge in [0, 0.05) is 44.6 Å². The topological polar surface area (TPSA) is 69.0 Å². The number of pyridine rings is 1. The molecule has 136 valence electrons. The van der Waals surface area contributed by atoms with Gasteiger partial charge in [0.2, 0.25) is 5.95 Å². The third-order valence-corrected chi connectivity index (χ3v) is 4.90. The van der Waals surface area contributed by atoms with Gasteiger partial charge in [0.05, 0.1) is 29.8 Å². The van der Waals surface area contributed by atoms with E-state index in [4.69, 9.17) is 9.72 Å². The molecule has 0 N–H and O–H groups in total. The molecular formula is C19H24N6O. The minimum absolute atomic E-state index is 0.266. The number of hydrogen-bond acceptors (Lipinski definition) is 6. The molecule has 3 aromatic heterocycles. The Kier molecular flexibility index (Phi) is 4.55. The number of ether oxygens (including phenoxy) is 1. The number of rotatable bonds is 5. The molecule has 1 saturated heterocycles. The second-order valence-corrected chi connectivity index (χ2v) is 7.03. The summed E-state index contributed by atoms with van der Waals surface area (Å²) in [5.41, 5.74) is 3.99. The van der Waals surface area contributed by atoms with Crippen molar-refractivity contribution in [1.82, 2.24) is 24.5 Å². The number of nitrogens with zero attached hydrogens (tertiary/aromatic N) is 6. The van der Waals surface area contributed by atoms with Crippen molar-refractivity contribution in [2.75, 3.05) is 25.1 Å². The predicted octanol–water partition coefficient (Wildman–Crippen LogP) is 2.62. The summed E-state index contributed by atoms with van der Waals surface area (Å²) in [6.45, 7) is 6.08. The van der Waals surface area contributed by atoms with Gasteiger partial charge in [0.15, 0.2) is 0 Å². The van der Waals surface area contributed by atoms with E-state index in [2.05, 4.69) is 44.3 Å². The van der Waals surface area contributed by atoms with E-state index in [1.807, 2.05) is 24.8 Å². The molecule has 7 heteroatoms. The van der Waals surface area contributed by atoms with Crippen molar-refractivity contribution in [3.63, 3.8) is 0 Å². The highest BCUT2D eigenvalue weighted by molar-refractivity contribution is 5.74. The summed E-state index contributed by atoms with van der Waals surface area (Å²) < 4.78 is 7.60. The normalized spacial score (nSPS) is 17.5. The molecule has 0 amide bonds. The second kappa shape index (κ2) is 6.99. The predicted molar refractivity (Wildman–Crippen MR) is 100 cm³/mol. The third-order valence-electron chi connectivity index (χ3n) is 4.90.